The summed E-state index contributed by atoms with van der Waals surface area (Å²) in [4.78, 5) is 37.2. The van der Waals surface area contributed by atoms with Gasteiger partial charge in [-0.1, -0.05) is 146 Å². The number of carbonyl (C=O) groups excluding carboxylic acids is 3. The summed E-state index contributed by atoms with van der Waals surface area (Å²) in [6.45, 7) is 6.36. The molecular weight excluding hydrogens is 588 g/mol. The maximum absolute atomic E-state index is 12.5. The molecule has 1 atom stereocenters. The van der Waals surface area contributed by atoms with Gasteiger partial charge in [0.05, 0.1) is 0 Å². The molecule has 0 radical (unpaired) electrons. The number of rotatable bonds is 33. The maximum Gasteiger partial charge on any atom is 0.306 e. The lowest BCUT2D eigenvalue weighted by Crippen LogP contribution is -2.30. The second-order valence-electron chi connectivity index (χ2n) is 12.5. The van der Waals surface area contributed by atoms with Crippen LogP contribution in [-0.4, -0.2) is 37.2 Å². The summed E-state index contributed by atoms with van der Waals surface area (Å²) >= 11 is 0. The van der Waals surface area contributed by atoms with E-state index in [2.05, 4.69) is 69.4 Å². The van der Waals surface area contributed by atoms with Gasteiger partial charge < -0.3 is 14.2 Å². The van der Waals surface area contributed by atoms with Crippen LogP contribution in [0, 0.1) is 0 Å². The number of carbonyl (C=O) groups is 3. The van der Waals surface area contributed by atoms with Crippen molar-refractivity contribution >= 4 is 17.9 Å². The average Bonchev–Trinajstić information content (AvgIpc) is 3.06. The molecule has 0 rings (SSSR count). The second kappa shape index (κ2) is 36.2. The molecule has 0 fully saturated rings. The van der Waals surface area contributed by atoms with Gasteiger partial charge in [-0.2, -0.15) is 0 Å². The summed E-state index contributed by atoms with van der Waals surface area (Å²) in [5.74, 6) is -0.952. The van der Waals surface area contributed by atoms with E-state index in [0.717, 1.165) is 83.5 Å². The zero-order valence-corrected chi connectivity index (χ0v) is 30.5. The summed E-state index contributed by atoms with van der Waals surface area (Å²) in [5.41, 5.74) is 0. The molecular formula is C41H70O6. The first kappa shape index (κ1) is 44.4. The minimum absolute atomic E-state index is 0.0861. The van der Waals surface area contributed by atoms with Gasteiger partial charge >= 0.3 is 17.9 Å². The van der Waals surface area contributed by atoms with Gasteiger partial charge in [0.2, 0.25) is 0 Å². The Labute approximate surface area is 288 Å². The molecule has 0 saturated heterocycles. The third-order valence-electron chi connectivity index (χ3n) is 7.85. The highest BCUT2D eigenvalue weighted by molar-refractivity contribution is 5.71. The monoisotopic (exact) mass is 659 g/mol. The van der Waals surface area contributed by atoms with Gasteiger partial charge in [0.25, 0.3) is 0 Å². The van der Waals surface area contributed by atoms with Crippen molar-refractivity contribution < 1.29 is 28.6 Å². The van der Waals surface area contributed by atoms with E-state index < -0.39 is 6.10 Å². The lowest BCUT2D eigenvalue weighted by molar-refractivity contribution is -0.167. The summed E-state index contributed by atoms with van der Waals surface area (Å²) in [7, 11) is 0. The molecule has 0 bridgehead atoms. The Morgan fingerprint density at radius 3 is 1.30 bits per heavy atom. The molecule has 6 heteroatoms. The van der Waals surface area contributed by atoms with Gasteiger partial charge in [0, 0.05) is 19.3 Å². The fourth-order valence-electron chi connectivity index (χ4n) is 4.96. The number of hydrogen-bond donors (Lipinski definition) is 0. The minimum Gasteiger partial charge on any atom is -0.462 e. The zero-order valence-electron chi connectivity index (χ0n) is 30.5. The van der Waals surface area contributed by atoms with Crippen molar-refractivity contribution in [2.45, 2.75) is 181 Å². The molecule has 0 aliphatic heterocycles. The van der Waals surface area contributed by atoms with E-state index in [1.807, 2.05) is 0 Å². The van der Waals surface area contributed by atoms with Crippen LogP contribution >= 0.6 is 0 Å². The van der Waals surface area contributed by atoms with E-state index in [1.165, 1.54) is 51.4 Å². The third-order valence-corrected chi connectivity index (χ3v) is 7.85. The number of unbranched alkanes of at least 4 members (excludes halogenated alkanes) is 14. The predicted octanol–water partition coefficient (Wildman–Crippen LogP) is 11.6. The molecule has 0 aromatic rings. The van der Waals surface area contributed by atoms with E-state index in [0.29, 0.717) is 19.3 Å². The molecule has 0 amide bonds. The first-order valence-electron chi connectivity index (χ1n) is 19.1. The topological polar surface area (TPSA) is 78.9 Å². The van der Waals surface area contributed by atoms with Gasteiger partial charge in [-0.05, 0) is 57.8 Å². The Balaban J connectivity index is 4.37. The standard InChI is InChI=1S/C41H70O6/c1-4-7-10-13-16-17-18-19-20-21-22-23-26-28-31-34-40(43)46-37-38(47-41(44)35-32-29-25-15-12-9-6-3)36-45-39(42)33-30-27-24-14-11-8-5-2/h7,10,16-17,19-20,22-23,38H,4-6,8-9,11-15,18,21,24-37H2,1-3H3/b10-7-,17-16-,20-19-,23-22-. The van der Waals surface area contributed by atoms with E-state index in [4.69, 9.17) is 14.2 Å². The predicted molar refractivity (Wildman–Crippen MR) is 196 cm³/mol. The summed E-state index contributed by atoms with van der Waals surface area (Å²) < 4.78 is 16.5. The van der Waals surface area contributed by atoms with Crippen LogP contribution in [-0.2, 0) is 28.6 Å². The smallest absolute Gasteiger partial charge is 0.306 e. The van der Waals surface area contributed by atoms with Crippen LogP contribution in [0.15, 0.2) is 48.6 Å². The van der Waals surface area contributed by atoms with Crippen molar-refractivity contribution in [2.24, 2.45) is 0 Å². The maximum atomic E-state index is 12.5. The Kier molecular flexibility index (Phi) is 34.2. The molecule has 0 aliphatic carbocycles. The molecule has 1 unspecified atom stereocenters. The molecule has 0 aromatic heterocycles. The fourth-order valence-corrected chi connectivity index (χ4v) is 4.96. The highest BCUT2D eigenvalue weighted by Gasteiger charge is 2.19. The van der Waals surface area contributed by atoms with Gasteiger partial charge in [-0.25, -0.2) is 0 Å². The van der Waals surface area contributed by atoms with Crippen LogP contribution in [0.5, 0.6) is 0 Å². The Bertz CT molecular complexity index is 856. The van der Waals surface area contributed by atoms with Crippen LogP contribution < -0.4 is 0 Å². The largest absolute Gasteiger partial charge is 0.462 e. The van der Waals surface area contributed by atoms with Gasteiger partial charge in [0.15, 0.2) is 6.10 Å². The van der Waals surface area contributed by atoms with Crippen molar-refractivity contribution in [3.05, 3.63) is 48.6 Å². The Morgan fingerprint density at radius 1 is 0.447 bits per heavy atom. The molecule has 0 aromatic carbocycles. The average molecular weight is 659 g/mol. The van der Waals surface area contributed by atoms with Crippen molar-refractivity contribution in [3.8, 4) is 0 Å². The number of allylic oxidation sites excluding steroid dienone is 8. The van der Waals surface area contributed by atoms with E-state index in [-0.39, 0.29) is 31.1 Å². The first-order valence-corrected chi connectivity index (χ1v) is 19.1. The quantitative estimate of drug-likeness (QED) is 0.0302. The second-order valence-corrected chi connectivity index (χ2v) is 12.5. The number of hydrogen-bond acceptors (Lipinski definition) is 6. The highest BCUT2D eigenvalue weighted by Crippen LogP contribution is 2.12. The molecule has 0 saturated carbocycles. The van der Waals surface area contributed by atoms with Crippen LogP contribution in [0.4, 0.5) is 0 Å². The lowest BCUT2D eigenvalue weighted by atomic mass is 10.1. The van der Waals surface area contributed by atoms with E-state index in [1.54, 1.807) is 0 Å². The van der Waals surface area contributed by atoms with Crippen LogP contribution in [0.2, 0.25) is 0 Å². The van der Waals surface area contributed by atoms with Crippen molar-refractivity contribution in [2.75, 3.05) is 13.2 Å². The number of esters is 3. The van der Waals surface area contributed by atoms with Crippen molar-refractivity contribution in [1.82, 2.24) is 0 Å². The van der Waals surface area contributed by atoms with E-state index >= 15 is 0 Å². The third kappa shape index (κ3) is 34.5. The molecule has 6 nitrogen and oxygen atoms in total. The van der Waals surface area contributed by atoms with E-state index in [9.17, 15) is 14.4 Å². The van der Waals surface area contributed by atoms with Crippen LogP contribution in [0.3, 0.4) is 0 Å². The van der Waals surface area contributed by atoms with Gasteiger partial charge in [-0.3, -0.25) is 14.4 Å². The van der Waals surface area contributed by atoms with Gasteiger partial charge in [-0.15, -0.1) is 0 Å². The van der Waals surface area contributed by atoms with Crippen LogP contribution in [0.25, 0.3) is 0 Å². The van der Waals surface area contributed by atoms with Crippen molar-refractivity contribution in [1.29, 1.82) is 0 Å². The Hall–Kier alpha value is -2.63. The van der Waals surface area contributed by atoms with Crippen LogP contribution in [0.1, 0.15) is 175 Å². The SMILES string of the molecule is CC/C=C\C/C=C\C/C=C\C/C=C\CCCCC(=O)OCC(COC(=O)CCCCCCCCC)OC(=O)CCCCCCCCC. The minimum atomic E-state index is -0.779. The van der Waals surface area contributed by atoms with Crippen molar-refractivity contribution in [3.63, 3.8) is 0 Å². The summed E-state index contributed by atoms with van der Waals surface area (Å²) in [5, 5.41) is 0. The lowest BCUT2D eigenvalue weighted by Gasteiger charge is -2.18. The molecule has 0 aliphatic rings. The highest BCUT2D eigenvalue weighted by atomic mass is 16.6. The van der Waals surface area contributed by atoms with Gasteiger partial charge in [0.1, 0.15) is 13.2 Å². The normalized spacial score (nSPS) is 12.5. The zero-order chi connectivity index (χ0) is 34.5. The molecule has 0 heterocycles. The first-order chi connectivity index (χ1) is 23.0. The summed E-state index contributed by atoms with van der Waals surface area (Å²) in [6, 6.07) is 0. The molecule has 0 spiro atoms. The summed E-state index contributed by atoms with van der Waals surface area (Å²) in [6.07, 6.45) is 39.8. The molecule has 270 valence electrons. The molecule has 0 N–H and O–H groups in total. The molecule has 47 heavy (non-hydrogen) atoms. The fraction of sp³-hybridized carbons (Fsp3) is 0.732. The number of ether oxygens (including phenoxy) is 3. The Morgan fingerprint density at radius 2 is 0.830 bits per heavy atom.